The topological polar surface area (TPSA) is 23.6 Å². The van der Waals surface area contributed by atoms with Gasteiger partial charge in [0.15, 0.2) is 0 Å². The van der Waals surface area contributed by atoms with Crippen molar-refractivity contribution >= 4 is 11.6 Å². The molecule has 3 nitrogen and oxygen atoms in total. The van der Waals surface area contributed by atoms with Crippen LogP contribution in [0.4, 0.5) is 5.69 Å². The number of benzene rings is 1. The Morgan fingerprint density at radius 2 is 1.81 bits per heavy atom. The van der Waals surface area contributed by atoms with Gasteiger partial charge in [0.25, 0.3) is 0 Å². The highest BCUT2D eigenvalue weighted by Gasteiger charge is 2.21. The van der Waals surface area contributed by atoms with Crippen LogP contribution >= 0.6 is 0 Å². The van der Waals surface area contributed by atoms with Crippen molar-refractivity contribution in [2.24, 2.45) is 5.41 Å². The van der Waals surface area contributed by atoms with E-state index in [2.05, 4.69) is 49.9 Å². The summed E-state index contributed by atoms with van der Waals surface area (Å²) < 4.78 is 0. The maximum atomic E-state index is 12.3. The Hall–Kier alpha value is -1.51. The van der Waals surface area contributed by atoms with Crippen LogP contribution in [-0.2, 0) is 11.3 Å². The van der Waals surface area contributed by atoms with E-state index in [4.69, 9.17) is 0 Å². The SMILES string of the molecule is CN(Cc1ccccc1N1CCCC1)C(=O)CC(C)(C)C. The fraction of sp³-hybridized carbons (Fsp3) is 0.611. The van der Waals surface area contributed by atoms with Gasteiger partial charge < -0.3 is 9.80 Å². The fourth-order valence-electron chi connectivity index (χ4n) is 2.84. The average molecular weight is 288 g/mol. The normalized spacial score (nSPS) is 15.3. The molecule has 1 saturated heterocycles. The fourth-order valence-corrected chi connectivity index (χ4v) is 2.84. The molecule has 1 fully saturated rings. The lowest BCUT2D eigenvalue weighted by molar-refractivity contribution is -0.132. The van der Waals surface area contributed by atoms with Crippen LogP contribution in [0.15, 0.2) is 24.3 Å². The van der Waals surface area contributed by atoms with Gasteiger partial charge in [-0.15, -0.1) is 0 Å². The number of rotatable bonds is 4. The number of anilines is 1. The monoisotopic (exact) mass is 288 g/mol. The van der Waals surface area contributed by atoms with Crippen LogP contribution < -0.4 is 4.90 Å². The average Bonchev–Trinajstić information content (AvgIpc) is 2.91. The van der Waals surface area contributed by atoms with Crippen molar-refractivity contribution in [1.29, 1.82) is 0 Å². The van der Waals surface area contributed by atoms with Crippen LogP contribution in [0.1, 0.15) is 45.6 Å². The van der Waals surface area contributed by atoms with Crippen LogP contribution in [0, 0.1) is 5.41 Å². The third kappa shape index (κ3) is 4.48. The Morgan fingerprint density at radius 1 is 1.19 bits per heavy atom. The van der Waals surface area contributed by atoms with Gasteiger partial charge in [-0.25, -0.2) is 0 Å². The molecule has 0 atom stereocenters. The Bertz CT molecular complexity index is 484. The summed E-state index contributed by atoms with van der Waals surface area (Å²) in [6, 6.07) is 8.49. The number of para-hydroxylation sites is 1. The molecular formula is C18H28N2O. The molecule has 116 valence electrons. The Kier molecular flexibility index (Phi) is 4.92. The summed E-state index contributed by atoms with van der Waals surface area (Å²) in [5, 5.41) is 0. The van der Waals surface area contributed by atoms with E-state index in [0.29, 0.717) is 13.0 Å². The molecule has 0 radical (unpaired) electrons. The van der Waals surface area contributed by atoms with Crippen LogP contribution in [0.5, 0.6) is 0 Å². The van der Waals surface area contributed by atoms with Crippen LogP contribution in [0.3, 0.4) is 0 Å². The molecular weight excluding hydrogens is 260 g/mol. The number of nitrogens with zero attached hydrogens (tertiary/aromatic N) is 2. The smallest absolute Gasteiger partial charge is 0.223 e. The summed E-state index contributed by atoms with van der Waals surface area (Å²) in [4.78, 5) is 16.6. The number of hydrogen-bond donors (Lipinski definition) is 0. The van der Waals surface area contributed by atoms with Crippen LogP contribution in [0.2, 0.25) is 0 Å². The van der Waals surface area contributed by atoms with Crippen LogP contribution in [0.25, 0.3) is 0 Å². The highest BCUT2D eigenvalue weighted by molar-refractivity contribution is 5.76. The van der Waals surface area contributed by atoms with Gasteiger partial charge in [0.1, 0.15) is 0 Å². The highest BCUT2D eigenvalue weighted by Crippen LogP contribution is 2.26. The standard InChI is InChI=1S/C18H28N2O/c1-18(2,3)13-17(21)19(4)14-15-9-5-6-10-16(15)20-11-7-8-12-20/h5-6,9-10H,7-8,11-14H2,1-4H3. The van der Waals surface area contributed by atoms with Crippen molar-refractivity contribution < 1.29 is 4.79 Å². The summed E-state index contributed by atoms with van der Waals surface area (Å²) >= 11 is 0. The zero-order valence-corrected chi connectivity index (χ0v) is 13.9. The van der Waals surface area contributed by atoms with Gasteiger partial charge in [0, 0.05) is 38.8 Å². The van der Waals surface area contributed by atoms with Gasteiger partial charge in [-0.1, -0.05) is 39.0 Å². The first-order valence-corrected chi connectivity index (χ1v) is 7.94. The molecule has 0 saturated carbocycles. The number of hydrogen-bond acceptors (Lipinski definition) is 2. The van der Waals surface area contributed by atoms with E-state index in [-0.39, 0.29) is 11.3 Å². The van der Waals surface area contributed by atoms with Crippen LogP contribution in [-0.4, -0.2) is 30.9 Å². The van der Waals surface area contributed by atoms with Gasteiger partial charge in [0.2, 0.25) is 5.91 Å². The lowest BCUT2D eigenvalue weighted by atomic mass is 9.91. The summed E-state index contributed by atoms with van der Waals surface area (Å²) in [5.41, 5.74) is 2.59. The maximum absolute atomic E-state index is 12.3. The number of carbonyl (C=O) groups excluding carboxylic acids is 1. The molecule has 0 aromatic heterocycles. The molecule has 1 heterocycles. The lowest BCUT2D eigenvalue weighted by Gasteiger charge is -2.26. The second kappa shape index (κ2) is 6.50. The largest absolute Gasteiger partial charge is 0.371 e. The molecule has 1 aromatic carbocycles. The van der Waals surface area contributed by atoms with E-state index in [1.807, 2.05) is 11.9 Å². The molecule has 0 N–H and O–H groups in total. The van der Waals surface area contributed by atoms with Crippen molar-refractivity contribution in [2.45, 2.75) is 46.6 Å². The minimum atomic E-state index is 0.0415. The van der Waals surface area contributed by atoms with Gasteiger partial charge >= 0.3 is 0 Å². The molecule has 0 spiro atoms. The van der Waals surface area contributed by atoms with E-state index in [1.165, 1.54) is 24.1 Å². The minimum Gasteiger partial charge on any atom is -0.371 e. The lowest BCUT2D eigenvalue weighted by Crippen LogP contribution is -2.30. The van der Waals surface area contributed by atoms with E-state index in [0.717, 1.165) is 13.1 Å². The van der Waals surface area contributed by atoms with E-state index in [9.17, 15) is 4.79 Å². The molecule has 1 aliphatic rings. The minimum absolute atomic E-state index is 0.0415. The molecule has 0 unspecified atom stereocenters. The summed E-state index contributed by atoms with van der Waals surface area (Å²) in [6.45, 7) is 9.29. The molecule has 0 bridgehead atoms. The van der Waals surface area contributed by atoms with E-state index >= 15 is 0 Å². The maximum Gasteiger partial charge on any atom is 0.223 e. The van der Waals surface area contributed by atoms with Gasteiger partial charge in [-0.05, 0) is 29.9 Å². The van der Waals surface area contributed by atoms with Crippen molar-refractivity contribution in [1.82, 2.24) is 4.90 Å². The van der Waals surface area contributed by atoms with Gasteiger partial charge in [-0.2, -0.15) is 0 Å². The predicted molar refractivity (Wildman–Crippen MR) is 88.4 cm³/mol. The molecule has 0 aliphatic carbocycles. The molecule has 2 rings (SSSR count). The quantitative estimate of drug-likeness (QED) is 0.843. The van der Waals surface area contributed by atoms with Crippen molar-refractivity contribution in [2.75, 3.05) is 25.0 Å². The van der Waals surface area contributed by atoms with E-state index < -0.39 is 0 Å². The third-order valence-electron chi connectivity index (χ3n) is 3.95. The summed E-state index contributed by atoms with van der Waals surface area (Å²) in [6.07, 6.45) is 3.13. The van der Waals surface area contributed by atoms with Crippen molar-refractivity contribution in [3.05, 3.63) is 29.8 Å². The predicted octanol–water partition coefficient (Wildman–Crippen LogP) is 3.68. The zero-order valence-electron chi connectivity index (χ0n) is 13.9. The van der Waals surface area contributed by atoms with Crippen molar-refractivity contribution in [3.8, 4) is 0 Å². The first-order chi connectivity index (χ1) is 9.87. The van der Waals surface area contributed by atoms with Gasteiger partial charge in [-0.3, -0.25) is 4.79 Å². The highest BCUT2D eigenvalue weighted by atomic mass is 16.2. The van der Waals surface area contributed by atoms with Crippen molar-refractivity contribution in [3.63, 3.8) is 0 Å². The molecule has 1 aromatic rings. The molecule has 21 heavy (non-hydrogen) atoms. The molecule has 1 amide bonds. The number of amides is 1. The Labute approximate surface area is 128 Å². The zero-order chi connectivity index (χ0) is 15.5. The first-order valence-electron chi connectivity index (χ1n) is 7.94. The number of carbonyl (C=O) groups is 1. The second-order valence-electron chi connectivity index (χ2n) is 7.31. The van der Waals surface area contributed by atoms with E-state index in [1.54, 1.807) is 0 Å². The molecule has 1 aliphatic heterocycles. The molecule has 3 heteroatoms. The summed E-state index contributed by atoms with van der Waals surface area (Å²) in [5.74, 6) is 0.221. The second-order valence-corrected chi connectivity index (χ2v) is 7.31. The Morgan fingerprint density at radius 3 is 2.43 bits per heavy atom. The summed E-state index contributed by atoms with van der Waals surface area (Å²) in [7, 11) is 1.91. The first kappa shape index (κ1) is 15.9. The third-order valence-corrected chi connectivity index (χ3v) is 3.95. The Balaban J connectivity index is 2.07. The van der Waals surface area contributed by atoms with Gasteiger partial charge in [0.05, 0.1) is 0 Å².